The predicted octanol–water partition coefficient (Wildman–Crippen LogP) is 3.60. The Hall–Kier alpha value is -1.96. The predicted molar refractivity (Wildman–Crippen MR) is 103 cm³/mol. The minimum absolute atomic E-state index is 0.0255. The quantitative estimate of drug-likeness (QED) is 0.389. The van der Waals surface area contributed by atoms with E-state index in [1.54, 1.807) is 18.4 Å². The van der Waals surface area contributed by atoms with Crippen molar-refractivity contribution in [2.45, 2.75) is 17.2 Å². The van der Waals surface area contributed by atoms with E-state index in [4.69, 9.17) is 9.72 Å². The normalized spacial score (nSPS) is 12.2. The fraction of sp³-hybridized carbons (Fsp3) is 0.278. The van der Waals surface area contributed by atoms with Gasteiger partial charge in [0, 0.05) is 19.0 Å². The average Bonchev–Trinajstić information content (AvgIpc) is 3.16. The van der Waals surface area contributed by atoms with Crippen LogP contribution in [0.1, 0.15) is 6.92 Å². The smallest absolute Gasteiger partial charge is 0.233 e. The van der Waals surface area contributed by atoms with E-state index in [1.807, 2.05) is 48.7 Å². The van der Waals surface area contributed by atoms with Gasteiger partial charge in [-0.05, 0) is 24.4 Å². The lowest BCUT2D eigenvalue weighted by atomic mass is 10.2. The number of hydrogen-bond acceptors (Lipinski definition) is 6. The molecule has 0 saturated carbocycles. The molecule has 2 heterocycles. The minimum atomic E-state index is -0.258. The van der Waals surface area contributed by atoms with Crippen LogP contribution in [0.25, 0.3) is 21.6 Å². The largest absolute Gasteiger partial charge is 0.383 e. The van der Waals surface area contributed by atoms with Crippen LogP contribution in [0.4, 0.5) is 0 Å². The Bertz CT molecular complexity index is 853. The van der Waals surface area contributed by atoms with Crippen LogP contribution < -0.4 is 5.32 Å². The van der Waals surface area contributed by atoms with Gasteiger partial charge in [-0.3, -0.25) is 4.79 Å². The molecule has 1 atom stereocenters. The Morgan fingerprint density at radius 1 is 1.28 bits per heavy atom. The molecular formula is C18H19N3O2S2. The highest BCUT2D eigenvalue weighted by atomic mass is 32.2. The maximum atomic E-state index is 12.2. The van der Waals surface area contributed by atoms with Crippen LogP contribution in [0, 0.1) is 0 Å². The van der Waals surface area contributed by atoms with Gasteiger partial charge in [0.1, 0.15) is 5.03 Å². The van der Waals surface area contributed by atoms with Crippen LogP contribution in [-0.2, 0) is 9.53 Å². The third-order valence-corrected chi connectivity index (χ3v) is 5.54. The van der Waals surface area contributed by atoms with Crippen molar-refractivity contribution in [1.82, 2.24) is 15.3 Å². The minimum Gasteiger partial charge on any atom is -0.383 e. The van der Waals surface area contributed by atoms with E-state index in [0.717, 1.165) is 20.8 Å². The zero-order valence-electron chi connectivity index (χ0n) is 14.1. The Balaban J connectivity index is 1.88. The molecule has 0 fully saturated rings. The van der Waals surface area contributed by atoms with Gasteiger partial charge >= 0.3 is 0 Å². The molecule has 5 nitrogen and oxygen atoms in total. The molecule has 0 radical (unpaired) electrons. The SMILES string of the molecule is COCCNC(=O)[C@H](C)Sc1nc(-c2cccs2)nc2ccccc12. The highest BCUT2D eigenvalue weighted by Gasteiger charge is 2.18. The van der Waals surface area contributed by atoms with Crippen LogP contribution in [0.3, 0.4) is 0 Å². The first-order valence-electron chi connectivity index (χ1n) is 7.93. The fourth-order valence-corrected chi connectivity index (χ4v) is 3.92. The van der Waals surface area contributed by atoms with Crippen LogP contribution in [0.2, 0.25) is 0 Å². The van der Waals surface area contributed by atoms with Crippen LogP contribution >= 0.6 is 23.1 Å². The van der Waals surface area contributed by atoms with E-state index in [2.05, 4.69) is 10.3 Å². The molecule has 0 spiro atoms. The van der Waals surface area contributed by atoms with Gasteiger partial charge in [-0.1, -0.05) is 36.0 Å². The number of methoxy groups -OCH3 is 1. The lowest BCUT2D eigenvalue weighted by Crippen LogP contribution is -2.33. The summed E-state index contributed by atoms with van der Waals surface area (Å²) in [5.74, 6) is 0.672. The van der Waals surface area contributed by atoms with Gasteiger partial charge in [0.2, 0.25) is 5.91 Å². The summed E-state index contributed by atoms with van der Waals surface area (Å²) >= 11 is 3.06. The zero-order chi connectivity index (χ0) is 17.6. The first kappa shape index (κ1) is 17.8. The number of fused-ring (bicyclic) bond motifs is 1. The Kier molecular flexibility index (Phi) is 6.01. The third kappa shape index (κ3) is 4.36. The van der Waals surface area contributed by atoms with E-state index < -0.39 is 0 Å². The van der Waals surface area contributed by atoms with Crippen molar-refractivity contribution in [2.75, 3.05) is 20.3 Å². The van der Waals surface area contributed by atoms with E-state index in [0.29, 0.717) is 19.0 Å². The van der Waals surface area contributed by atoms with Crippen molar-refractivity contribution in [3.8, 4) is 10.7 Å². The molecule has 25 heavy (non-hydrogen) atoms. The maximum Gasteiger partial charge on any atom is 0.233 e. The van der Waals surface area contributed by atoms with Crippen LogP contribution in [-0.4, -0.2) is 41.4 Å². The molecule has 3 rings (SSSR count). The number of benzene rings is 1. The first-order chi connectivity index (χ1) is 12.2. The second kappa shape index (κ2) is 8.42. The number of para-hydroxylation sites is 1. The summed E-state index contributed by atoms with van der Waals surface area (Å²) in [6, 6.07) is 11.9. The van der Waals surface area contributed by atoms with Gasteiger partial charge in [0.25, 0.3) is 0 Å². The Labute approximate surface area is 154 Å². The van der Waals surface area contributed by atoms with E-state index >= 15 is 0 Å². The molecule has 1 aromatic carbocycles. The maximum absolute atomic E-state index is 12.2. The van der Waals surface area contributed by atoms with Crippen LogP contribution in [0.5, 0.6) is 0 Å². The molecule has 2 aromatic heterocycles. The van der Waals surface area contributed by atoms with Gasteiger partial charge in [-0.15, -0.1) is 11.3 Å². The topological polar surface area (TPSA) is 64.1 Å². The summed E-state index contributed by atoms with van der Waals surface area (Å²) in [6.45, 7) is 2.89. The van der Waals surface area contributed by atoms with Crippen molar-refractivity contribution in [1.29, 1.82) is 0 Å². The van der Waals surface area contributed by atoms with Gasteiger partial charge in [0.15, 0.2) is 5.82 Å². The van der Waals surface area contributed by atoms with Gasteiger partial charge in [-0.25, -0.2) is 9.97 Å². The standard InChI is InChI=1S/C18H19N3O2S2/c1-12(17(22)19-9-10-23-2)25-18-13-6-3-4-7-14(13)20-16(21-18)15-8-5-11-24-15/h3-8,11-12H,9-10H2,1-2H3,(H,19,22)/t12-/m0/s1. The summed E-state index contributed by atoms with van der Waals surface area (Å²) in [6.07, 6.45) is 0. The van der Waals surface area contributed by atoms with Gasteiger partial charge in [0.05, 0.1) is 22.3 Å². The summed E-state index contributed by atoms with van der Waals surface area (Å²) < 4.78 is 4.96. The molecule has 1 amide bonds. The number of aromatic nitrogens is 2. The highest BCUT2D eigenvalue weighted by Crippen LogP contribution is 2.32. The molecule has 0 unspecified atom stereocenters. The molecule has 3 aromatic rings. The number of thiophene rings is 1. The zero-order valence-corrected chi connectivity index (χ0v) is 15.7. The second-order valence-electron chi connectivity index (χ2n) is 5.39. The summed E-state index contributed by atoms with van der Waals surface area (Å²) in [4.78, 5) is 22.6. The molecule has 7 heteroatoms. The summed E-state index contributed by atoms with van der Waals surface area (Å²) in [5.41, 5.74) is 0.885. The molecule has 130 valence electrons. The number of amides is 1. The Morgan fingerprint density at radius 2 is 2.12 bits per heavy atom. The molecule has 0 aliphatic carbocycles. The molecular weight excluding hydrogens is 354 g/mol. The number of nitrogens with zero attached hydrogens (tertiary/aromatic N) is 2. The van der Waals surface area contributed by atoms with Crippen molar-refractivity contribution in [2.24, 2.45) is 0 Å². The third-order valence-electron chi connectivity index (χ3n) is 3.57. The lowest BCUT2D eigenvalue weighted by molar-refractivity contribution is -0.120. The summed E-state index contributed by atoms with van der Waals surface area (Å²) in [7, 11) is 1.61. The lowest BCUT2D eigenvalue weighted by Gasteiger charge is -2.13. The monoisotopic (exact) mass is 373 g/mol. The van der Waals surface area contributed by atoms with E-state index in [9.17, 15) is 4.79 Å². The number of rotatable bonds is 7. The fourth-order valence-electron chi connectivity index (χ4n) is 2.29. The van der Waals surface area contributed by atoms with Crippen molar-refractivity contribution >= 4 is 39.9 Å². The molecule has 1 N–H and O–H groups in total. The number of hydrogen-bond donors (Lipinski definition) is 1. The number of carbonyl (C=O) groups excluding carboxylic acids is 1. The average molecular weight is 374 g/mol. The van der Waals surface area contributed by atoms with Gasteiger partial charge in [-0.2, -0.15) is 0 Å². The Morgan fingerprint density at radius 3 is 2.88 bits per heavy atom. The van der Waals surface area contributed by atoms with E-state index in [-0.39, 0.29) is 11.2 Å². The first-order valence-corrected chi connectivity index (χ1v) is 9.69. The van der Waals surface area contributed by atoms with Crippen molar-refractivity contribution in [3.63, 3.8) is 0 Å². The van der Waals surface area contributed by atoms with Gasteiger partial charge < -0.3 is 10.1 Å². The van der Waals surface area contributed by atoms with E-state index in [1.165, 1.54) is 11.8 Å². The molecule has 0 aliphatic rings. The number of thioether (sulfide) groups is 1. The molecule has 0 bridgehead atoms. The number of nitrogens with one attached hydrogen (secondary N) is 1. The summed E-state index contributed by atoms with van der Waals surface area (Å²) in [5, 5.41) is 6.40. The molecule has 0 aliphatic heterocycles. The second-order valence-corrected chi connectivity index (χ2v) is 7.67. The molecule has 0 saturated heterocycles. The van der Waals surface area contributed by atoms with Crippen molar-refractivity contribution < 1.29 is 9.53 Å². The highest BCUT2D eigenvalue weighted by molar-refractivity contribution is 8.00. The van der Waals surface area contributed by atoms with Crippen LogP contribution in [0.15, 0.2) is 46.8 Å². The number of ether oxygens (including phenoxy) is 1. The van der Waals surface area contributed by atoms with Crippen molar-refractivity contribution in [3.05, 3.63) is 41.8 Å². The number of carbonyl (C=O) groups is 1.